The predicted molar refractivity (Wildman–Crippen MR) is 162 cm³/mol. The Morgan fingerprint density at radius 2 is 1.50 bits per heavy atom. The number of aromatic nitrogens is 1. The van der Waals surface area contributed by atoms with Crippen molar-refractivity contribution in [1.82, 2.24) is 20.9 Å². The summed E-state index contributed by atoms with van der Waals surface area (Å²) in [6, 6.07) is 8.01. The third-order valence-electron chi connectivity index (χ3n) is 6.84. The highest BCUT2D eigenvalue weighted by Crippen LogP contribution is 2.19. The van der Waals surface area contributed by atoms with Crippen LogP contribution in [0.15, 0.2) is 59.7 Å². The first-order chi connectivity index (χ1) is 21.0. The van der Waals surface area contributed by atoms with Crippen molar-refractivity contribution in [3.8, 4) is 5.75 Å². The number of amides is 3. The van der Waals surface area contributed by atoms with Gasteiger partial charge in [0.05, 0.1) is 12.6 Å². The molecule has 3 rings (SSSR count). The van der Waals surface area contributed by atoms with E-state index in [1.54, 1.807) is 6.20 Å². The number of hydrogen-bond acceptors (Lipinski definition) is 8. The maximum Gasteiger partial charge on any atom is 0.326 e. The third kappa shape index (κ3) is 9.71. The summed E-state index contributed by atoms with van der Waals surface area (Å²) in [4.78, 5) is 58.2. The second kappa shape index (κ2) is 15.9. The number of para-hydroxylation sites is 1. The first kappa shape index (κ1) is 33.4. The fraction of sp³-hybridized carbons (Fsp3) is 0.345. The monoisotopic (exact) mass is 610 g/mol. The Balaban J connectivity index is 1.73. The van der Waals surface area contributed by atoms with Gasteiger partial charge in [-0.05, 0) is 42.2 Å². The molecule has 0 fully saturated rings. The number of carbonyl (C=O) groups is 4. The van der Waals surface area contributed by atoms with Gasteiger partial charge >= 0.3 is 5.97 Å². The lowest BCUT2D eigenvalue weighted by Gasteiger charge is -2.24. The molecule has 3 aromatic rings. The molecule has 15 nitrogen and oxygen atoms in total. The molecule has 1 heterocycles. The van der Waals surface area contributed by atoms with E-state index in [9.17, 15) is 34.5 Å². The molecule has 0 aliphatic rings. The molecule has 236 valence electrons. The van der Waals surface area contributed by atoms with Crippen LogP contribution in [0.25, 0.3) is 10.9 Å². The van der Waals surface area contributed by atoms with E-state index in [1.165, 1.54) is 24.3 Å². The Morgan fingerprint density at radius 3 is 2.16 bits per heavy atom. The molecule has 1 aromatic heterocycles. The molecular formula is C29H38N8O7. The number of aromatic amines is 1. The summed E-state index contributed by atoms with van der Waals surface area (Å²) in [7, 11) is 0. The molecule has 2 aromatic carbocycles. The van der Waals surface area contributed by atoms with E-state index in [0.29, 0.717) is 17.5 Å². The van der Waals surface area contributed by atoms with Crippen LogP contribution < -0.4 is 33.2 Å². The van der Waals surface area contributed by atoms with Gasteiger partial charge in [-0.25, -0.2) is 4.79 Å². The van der Waals surface area contributed by atoms with E-state index in [2.05, 4.69) is 25.9 Å². The number of phenolic OH excluding ortho intramolecular Hbond substituents is 1. The minimum Gasteiger partial charge on any atom is -0.508 e. The van der Waals surface area contributed by atoms with Crippen LogP contribution in [0.3, 0.4) is 0 Å². The van der Waals surface area contributed by atoms with Crippen LogP contribution >= 0.6 is 0 Å². The zero-order valence-electron chi connectivity index (χ0n) is 23.9. The topological polar surface area (TPSA) is 271 Å². The smallest absolute Gasteiger partial charge is 0.326 e. The van der Waals surface area contributed by atoms with Crippen molar-refractivity contribution in [2.24, 2.45) is 22.2 Å². The lowest BCUT2D eigenvalue weighted by molar-refractivity contribution is -0.142. The normalized spacial score (nSPS) is 13.7. The molecule has 0 unspecified atom stereocenters. The molecule has 44 heavy (non-hydrogen) atoms. The van der Waals surface area contributed by atoms with E-state index < -0.39 is 54.5 Å². The summed E-state index contributed by atoms with van der Waals surface area (Å²) in [5.74, 6) is -3.80. The fourth-order valence-electron chi connectivity index (χ4n) is 4.47. The second-order valence-corrected chi connectivity index (χ2v) is 10.2. The number of aliphatic imine (C=N–C) groups is 1. The number of carbonyl (C=O) groups excluding carboxylic acids is 3. The summed E-state index contributed by atoms with van der Waals surface area (Å²) < 4.78 is 0. The number of carboxylic acids is 1. The molecule has 15 heteroatoms. The molecule has 13 N–H and O–H groups in total. The summed E-state index contributed by atoms with van der Waals surface area (Å²) in [5, 5.41) is 37.2. The third-order valence-corrected chi connectivity index (χ3v) is 6.84. The maximum atomic E-state index is 13.5. The van der Waals surface area contributed by atoms with E-state index in [-0.39, 0.29) is 37.5 Å². The quantitative estimate of drug-likeness (QED) is 0.0513. The van der Waals surface area contributed by atoms with Crippen molar-refractivity contribution in [2.45, 2.75) is 49.9 Å². The maximum absolute atomic E-state index is 13.5. The van der Waals surface area contributed by atoms with Crippen molar-refractivity contribution < 1.29 is 34.5 Å². The van der Waals surface area contributed by atoms with Gasteiger partial charge in [-0.15, -0.1) is 0 Å². The van der Waals surface area contributed by atoms with Gasteiger partial charge in [0.25, 0.3) is 0 Å². The zero-order chi connectivity index (χ0) is 32.2. The van der Waals surface area contributed by atoms with Gasteiger partial charge in [-0.2, -0.15) is 0 Å². The summed E-state index contributed by atoms with van der Waals surface area (Å²) >= 11 is 0. The molecule has 0 aliphatic heterocycles. The molecule has 0 radical (unpaired) electrons. The Labute approximate surface area is 252 Å². The Morgan fingerprint density at radius 1 is 0.864 bits per heavy atom. The predicted octanol–water partition coefficient (Wildman–Crippen LogP) is -1.43. The molecule has 0 spiro atoms. The summed E-state index contributed by atoms with van der Waals surface area (Å²) in [6.45, 7) is -0.582. The van der Waals surface area contributed by atoms with Crippen molar-refractivity contribution >= 4 is 40.6 Å². The van der Waals surface area contributed by atoms with Gasteiger partial charge in [0.2, 0.25) is 17.7 Å². The van der Waals surface area contributed by atoms with Crippen LogP contribution in [0.2, 0.25) is 0 Å². The largest absolute Gasteiger partial charge is 0.508 e. The van der Waals surface area contributed by atoms with Crippen LogP contribution in [0.1, 0.15) is 24.0 Å². The number of nitrogens with one attached hydrogen (secondary N) is 4. The Bertz CT molecular complexity index is 1470. The average molecular weight is 611 g/mol. The van der Waals surface area contributed by atoms with Crippen LogP contribution in [-0.2, 0) is 32.0 Å². The minimum atomic E-state index is -1.53. The first-order valence-corrected chi connectivity index (χ1v) is 13.9. The summed E-state index contributed by atoms with van der Waals surface area (Å²) in [5.41, 5.74) is 18.7. The van der Waals surface area contributed by atoms with Gasteiger partial charge in [-0.1, -0.05) is 30.3 Å². The number of carboxylic acid groups (broad SMARTS) is 1. The number of benzene rings is 2. The number of guanidine groups is 1. The van der Waals surface area contributed by atoms with E-state index in [1.807, 2.05) is 24.3 Å². The Hall–Kier alpha value is -5.15. The minimum absolute atomic E-state index is 0.00565. The molecule has 4 atom stereocenters. The lowest BCUT2D eigenvalue weighted by atomic mass is 10.0. The SMILES string of the molecule is NC(N)=NCCC[C@H](N)C(=O)N[C@@H](Cc1c[nH]c2ccccc12)C(=O)N[C@@H](CO)C(=O)N[C@@H](Cc1ccc(O)cc1)C(=O)O. The Kier molecular flexibility index (Phi) is 12.1. The second-order valence-electron chi connectivity index (χ2n) is 10.2. The number of aromatic hydroxyl groups is 1. The van der Waals surface area contributed by atoms with E-state index in [0.717, 1.165) is 10.9 Å². The highest BCUT2D eigenvalue weighted by molar-refractivity contribution is 5.95. The van der Waals surface area contributed by atoms with E-state index >= 15 is 0 Å². The average Bonchev–Trinajstić information content (AvgIpc) is 3.40. The number of aliphatic carboxylic acids is 1. The van der Waals surface area contributed by atoms with Crippen LogP contribution in [0.4, 0.5) is 0 Å². The van der Waals surface area contributed by atoms with E-state index in [4.69, 9.17) is 17.2 Å². The molecular weight excluding hydrogens is 572 g/mol. The summed E-state index contributed by atoms with van der Waals surface area (Å²) in [6.07, 6.45) is 2.23. The van der Waals surface area contributed by atoms with Gasteiger partial charge in [0, 0.05) is 36.5 Å². The first-order valence-electron chi connectivity index (χ1n) is 13.9. The zero-order valence-corrected chi connectivity index (χ0v) is 23.9. The number of phenols is 1. The van der Waals surface area contributed by atoms with Gasteiger partial charge in [0.15, 0.2) is 5.96 Å². The van der Waals surface area contributed by atoms with Crippen molar-refractivity contribution in [1.29, 1.82) is 0 Å². The number of nitrogens with zero attached hydrogens (tertiary/aromatic N) is 1. The highest BCUT2D eigenvalue weighted by Gasteiger charge is 2.30. The molecule has 3 amide bonds. The number of aliphatic hydroxyl groups is 1. The van der Waals surface area contributed by atoms with Gasteiger partial charge in [-0.3, -0.25) is 19.4 Å². The molecule has 0 saturated heterocycles. The number of hydrogen-bond donors (Lipinski definition) is 10. The fourth-order valence-corrected chi connectivity index (χ4v) is 4.47. The van der Waals surface area contributed by atoms with Crippen molar-refractivity contribution in [2.75, 3.05) is 13.2 Å². The number of nitrogens with two attached hydrogens (primary N) is 3. The molecule has 0 aliphatic carbocycles. The van der Waals surface area contributed by atoms with Crippen molar-refractivity contribution in [3.63, 3.8) is 0 Å². The van der Waals surface area contributed by atoms with Crippen LogP contribution in [0, 0.1) is 0 Å². The van der Waals surface area contributed by atoms with Gasteiger partial charge in [0.1, 0.15) is 23.9 Å². The van der Waals surface area contributed by atoms with Gasteiger partial charge < -0.3 is 53.5 Å². The standard InChI is InChI=1S/C29H38N8O7/c30-20(5-3-11-33-29(31)32)25(40)35-22(13-17-14-34-21-6-2-1-4-19(17)21)26(41)37-24(15-38)27(42)36-23(28(43)44)12-16-7-9-18(39)10-8-16/h1-2,4,6-10,14,20,22-24,34,38-39H,3,5,11-13,15,30H2,(H,35,40)(H,36,42)(H,37,41)(H,43,44)(H4,31,32,33)/t20-,22-,23-,24-/m0/s1. The number of aliphatic hydroxyl groups excluding tert-OH is 1. The number of rotatable bonds is 16. The van der Waals surface area contributed by atoms with Crippen molar-refractivity contribution in [3.05, 3.63) is 65.9 Å². The number of fused-ring (bicyclic) bond motifs is 1. The lowest BCUT2D eigenvalue weighted by Crippen LogP contribution is -2.58. The highest BCUT2D eigenvalue weighted by atomic mass is 16.4. The number of H-pyrrole nitrogens is 1. The van der Waals surface area contributed by atoms with Crippen LogP contribution in [-0.4, -0.2) is 87.3 Å². The molecule has 0 saturated carbocycles. The molecule has 0 bridgehead atoms. The van der Waals surface area contributed by atoms with Crippen LogP contribution in [0.5, 0.6) is 5.75 Å².